The molecule has 3 atom stereocenters. The second-order valence-electron chi connectivity index (χ2n) is 10.8. The monoisotopic (exact) mass is 607 g/mol. The number of amides is 3. The van der Waals surface area contributed by atoms with Crippen LogP contribution in [0, 0.1) is 13.8 Å². The molecule has 1 heterocycles. The highest BCUT2D eigenvalue weighted by Crippen LogP contribution is 2.40. The summed E-state index contributed by atoms with van der Waals surface area (Å²) in [6.45, 7) is 7.74. The average Bonchev–Trinajstić information content (AvgIpc) is 3.30. The number of phenols is 1. The van der Waals surface area contributed by atoms with E-state index in [9.17, 15) is 24.6 Å². The molecule has 0 spiro atoms. The molecule has 1 aliphatic heterocycles. The van der Waals surface area contributed by atoms with Crippen LogP contribution in [0.3, 0.4) is 0 Å². The van der Waals surface area contributed by atoms with Crippen molar-refractivity contribution in [2.75, 3.05) is 11.6 Å². The summed E-state index contributed by atoms with van der Waals surface area (Å²) in [4.78, 5) is 42.9. The number of hydrogen-bond acceptors (Lipinski definition) is 7. The molecule has 4 N–H and O–H groups in total. The number of phenolic OH excluding ortho intramolecular Hbond substituents is 1. The zero-order valence-electron chi connectivity index (χ0n) is 24.2. The quantitative estimate of drug-likeness (QED) is 0.255. The summed E-state index contributed by atoms with van der Waals surface area (Å²) < 4.78 is -0.596. The smallest absolute Gasteiger partial charge is 0.255 e. The van der Waals surface area contributed by atoms with Crippen LogP contribution in [0.4, 0.5) is 0 Å². The normalized spacial score (nSPS) is 17.4. The van der Waals surface area contributed by atoms with E-state index in [1.807, 2.05) is 75.4 Å². The lowest BCUT2D eigenvalue weighted by atomic mass is 9.99. The summed E-state index contributed by atoms with van der Waals surface area (Å²) in [6.07, 6.45) is -1.61. The van der Waals surface area contributed by atoms with Gasteiger partial charge in [-0.3, -0.25) is 14.4 Å². The van der Waals surface area contributed by atoms with Crippen LogP contribution in [0.15, 0.2) is 77.7 Å². The van der Waals surface area contributed by atoms with E-state index in [4.69, 9.17) is 0 Å². The second-order valence-corrected chi connectivity index (χ2v) is 13.5. The van der Waals surface area contributed by atoms with Crippen LogP contribution in [0.1, 0.15) is 40.9 Å². The lowest BCUT2D eigenvalue weighted by Gasteiger charge is -2.33. The number of aromatic hydroxyl groups is 1. The lowest BCUT2D eigenvalue weighted by molar-refractivity contribution is -0.147. The van der Waals surface area contributed by atoms with E-state index in [1.54, 1.807) is 19.1 Å². The van der Waals surface area contributed by atoms with Gasteiger partial charge in [0.1, 0.15) is 11.8 Å². The first-order valence-corrected chi connectivity index (χ1v) is 15.7. The van der Waals surface area contributed by atoms with Gasteiger partial charge in [-0.2, -0.15) is 0 Å². The predicted molar refractivity (Wildman–Crippen MR) is 167 cm³/mol. The summed E-state index contributed by atoms with van der Waals surface area (Å²) in [5, 5.41) is 27.3. The first-order chi connectivity index (χ1) is 20.0. The van der Waals surface area contributed by atoms with Gasteiger partial charge in [-0.25, -0.2) is 0 Å². The minimum absolute atomic E-state index is 0.0228. The van der Waals surface area contributed by atoms with Gasteiger partial charge < -0.3 is 25.7 Å². The standard InChI is InChI=1S/C32H37N3O5S2/c1-20-11-8-9-12-22(20)17-33-30(39)28-32(3,4)42-19-35(28)31(40)27(37)25(18-41-23-13-6-5-7-14-23)34-29(38)24-15-10-16-26(36)21(24)2/h5-16,25,27-28,36-37H,17-19H2,1-4H3,(H,33,39)(H,34,38). The molecule has 3 aromatic carbocycles. The number of aliphatic hydroxyl groups is 1. The number of aryl methyl sites for hydroxylation is 1. The van der Waals surface area contributed by atoms with Crippen molar-refractivity contribution >= 4 is 41.2 Å². The van der Waals surface area contributed by atoms with Crippen molar-refractivity contribution in [3.05, 3.63) is 95.1 Å². The van der Waals surface area contributed by atoms with E-state index >= 15 is 0 Å². The summed E-state index contributed by atoms with van der Waals surface area (Å²) in [6, 6.07) is 20.1. The van der Waals surface area contributed by atoms with E-state index < -0.39 is 34.7 Å². The Labute approximate surface area is 255 Å². The van der Waals surface area contributed by atoms with Gasteiger partial charge in [-0.1, -0.05) is 48.5 Å². The summed E-state index contributed by atoms with van der Waals surface area (Å²) in [5.74, 6) is -1.04. The molecule has 222 valence electrons. The van der Waals surface area contributed by atoms with Crippen molar-refractivity contribution in [1.82, 2.24) is 15.5 Å². The number of rotatable bonds is 10. The number of carbonyl (C=O) groups is 3. The Balaban J connectivity index is 1.54. The zero-order valence-corrected chi connectivity index (χ0v) is 25.8. The molecule has 8 nitrogen and oxygen atoms in total. The zero-order chi connectivity index (χ0) is 30.4. The molecule has 0 bridgehead atoms. The molecule has 0 saturated carbocycles. The number of hydrogen-bond donors (Lipinski definition) is 4. The fourth-order valence-electron chi connectivity index (χ4n) is 4.87. The van der Waals surface area contributed by atoms with Gasteiger partial charge in [0.05, 0.1) is 11.9 Å². The SMILES string of the molecule is Cc1ccccc1CNC(=O)C1N(C(=O)C(O)C(CSc2ccccc2)NC(=O)c2cccc(O)c2C)CSC1(C)C. The fourth-order valence-corrected chi connectivity index (χ4v) is 7.00. The first kappa shape index (κ1) is 31.5. The molecule has 0 aliphatic carbocycles. The van der Waals surface area contributed by atoms with Crippen molar-refractivity contribution in [2.24, 2.45) is 0 Å². The van der Waals surface area contributed by atoms with Gasteiger partial charge in [0.25, 0.3) is 11.8 Å². The van der Waals surface area contributed by atoms with Crippen LogP contribution >= 0.6 is 23.5 Å². The molecule has 1 aliphatic rings. The highest BCUT2D eigenvalue weighted by atomic mass is 32.2. The summed E-state index contributed by atoms with van der Waals surface area (Å²) in [5.41, 5.74) is 2.68. The molecule has 42 heavy (non-hydrogen) atoms. The molecular formula is C32H37N3O5S2. The Morgan fingerprint density at radius 2 is 1.71 bits per heavy atom. The van der Waals surface area contributed by atoms with Crippen molar-refractivity contribution in [1.29, 1.82) is 0 Å². The molecule has 10 heteroatoms. The van der Waals surface area contributed by atoms with Gasteiger partial charge in [-0.05, 0) is 63.1 Å². The average molecular weight is 608 g/mol. The predicted octanol–water partition coefficient (Wildman–Crippen LogP) is 4.26. The van der Waals surface area contributed by atoms with Crippen LogP contribution in [0.2, 0.25) is 0 Å². The van der Waals surface area contributed by atoms with Gasteiger partial charge in [0.2, 0.25) is 5.91 Å². The molecular weight excluding hydrogens is 571 g/mol. The number of carbonyl (C=O) groups excluding carboxylic acids is 3. The van der Waals surface area contributed by atoms with Crippen LogP contribution in [-0.4, -0.2) is 67.4 Å². The first-order valence-electron chi connectivity index (χ1n) is 13.7. The highest BCUT2D eigenvalue weighted by Gasteiger charge is 2.49. The molecule has 0 radical (unpaired) electrons. The minimum atomic E-state index is -1.61. The molecule has 1 fully saturated rings. The van der Waals surface area contributed by atoms with Gasteiger partial charge >= 0.3 is 0 Å². The van der Waals surface area contributed by atoms with Crippen LogP contribution in [-0.2, 0) is 16.1 Å². The Morgan fingerprint density at radius 3 is 2.43 bits per heavy atom. The van der Waals surface area contributed by atoms with Gasteiger partial charge in [-0.15, -0.1) is 23.5 Å². The van der Waals surface area contributed by atoms with Crippen LogP contribution in [0.5, 0.6) is 5.75 Å². The molecule has 4 rings (SSSR count). The van der Waals surface area contributed by atoms with Crippen molar-refractivity contribution < 1.29 is 24.6 Å². The second kappa shape index (κ2) is 13.7. The lowest BCUT2D eigenvalue weighted by Crippen LogP contribution is -2.58. The van der Waals surface area contributed by atoms with E-state index in [2.05, 4.69) is 10.6 Å². The van der Waals surface area contributed by atoms with E-state index in [1.165, 1.54) is 34.5 Å². The summed E-state index contributed by atoms with van der Waals surface area (Å²) in [7, 11) is 0. The van der Waals surface area contributed by atoms with Crippen molar-refractivity contribution in [3.8, 4) is 5.75 Å². The highest BCUT2D eigenvalue weighted by molar-refractivity contribution is 8.01. The third kappa shape index (κ3) is 7.29. The maximum atomic E-state index is 13.9. The molecule has 3 aromatic rings. The minimum Gasteiger partial charge on any atom is -0.508 e. The number of nitrogens with zero attached hydrogens (tertiary/aromatic N) is 1. The fraction of sp³-hybridized carbons (Fsp3) is 0.344. The maximum absolute atomic E-state index is 13.9. The summed E-state index contributed by atoms with van der Waals surface area (Å²) >= 11 is 2.86. The molecule has 0 aromatic heterocycles. The topological polar surface area (TPSA) is 119 Å². The molecule has 3 unspecified atom stereocenters. The van der Waals surface area contributed by atoms with Crippen molar-refractivity contribution in [2.45, 2.75) is 62.1 Å². The third-order valence-corrected chi connectivity index (χ3v) is 9.97. The van der Waals surface area contributed by atoms with Gasteiger partial charge in [0, 0.05) is 33.1 Å². The Morgan fingerprint density at radius 1 is 1.02 bits per heavy atom. The Bertz CT molecular complexity index is 1430. The van der Waals surface area contributed by atoms with Crippen LogP contribution < -0.4 is 10.6 Å². The van der Waals surface area contributed by atoms with E-state index in [0.29, 0.717) is 12.1 Å². The number of nitrogens with one attached hydrogen (secondary N) is 2. The number of benzene rings is 3. The third-order valence-electron chi connectivity index (χ3n) is 7.46. The van der Waals surface area contributed by atoms with E-state index in [-0.39, 0.29) is 28.8 Å². The molecule has 3 amide bonds. The molecule has 1 saturated heterocycles. The van der Waals surface area contributed by atoms with Gasteiger partial charge in [0.15, 0.2) is 6.10 Å². The number of aliphatic hydroxyl groups excluding tert-OH is 1. The van der Waals surface area contributed by atoms with Crippen molar-refractivity contribution in [3.63, 3.8) is 0 Å². The Hall–Kier alpha value is -3.47. The van der Waals surface area contributed by atoms with E-state index in [0.717, 1.165) is 16.0 Å². The Kier molecular flexibility index (Phi) is 10.2. The number of thioether (sulfide) groups is 2. The van der Waals surface area contributed by atoms with Crippen LogP contribution in [0.25, 0.3) is 0 Å². The largest absolute Gasteiger partial charge is 0.508 e. The maximum Gasteiger partial charge on any atom is 0.255 e.